The summed E-state index contributed by atoms with van der Waals surface area (Å²) in [6.07, 6.45) is 14.6. The van der Waals surface area contributed by atoms with Crippen molar-refractivity contribution < 1.29 is 8.97 Å². The van der Waals surface area contributed by atoms with Crippen LogP contribution in [0.5, 0.6) is 0 Å². The SMILES string of the molecule is CCCCCCCCCCCC[N+]12CC[N+](CCN)(CC1)CC2. The highest BCUT2D eigenvalue weighted by Crippen LogP contribution is 2.27. The third-order valence-corrected chi connectivity index (χ3v) is 6.74. The molecule has 3 saturated heterocycles. The van der Waals surface area contributed by atoms with Gasteiger partial charge < -0.3 is 14.7 Å². The molecule has 3 aliphatic heterocycles. The van der Waals surface area contributed by atoms with E-state index in [-0.39, 0.29) is 0 Å². The number of hydrogen-bond donors (Lipinski definition) is 1. The molecule has 3 fully saturated rings. The maximum Gasteiger partial charge on any atom is 0.129 e. The van der Waals surface area contributed by atoms with Crippen LogP contribution < -0.4 is 5.73 Å². The first-order valence-electron chi connectivity index (χ1n) is 10.6. The summed E-state index contributed by atoms with van der Waals surface area (Å²) in [5, 5.41) is 0. The lowest BCUT2D eigenvalue weighted by Crippen LogP contribution is -2.75. The summed E-state index contributed by atoms with van der Waals surface area (Å²) in [4.78, 5) is 0. The molecule has 0 atom stereocenters. The van der Waals surface area contributed by atoms with Crippen molar-refractivity contribution in [3.8, 4) is 0 Å². The molecule has 0 unspecified atom stereocenters. The Hall–Kier alpha value is -0.120. The number of rotatable bonds is 13. The van der Waals surface area contributed by atoms with Crippen LogP contribution in [0.3, 0.4) is 0 Å². The van der Waals surface area contributed by atoms with Crippen molar-refractivity contribution >= 4 is 0 Å². The molecule has 136 valence electrons. The van der Waals surface area contributed by atoms with E-state index in [0.29, 0.717) is 0 Å². The van der Waals surface area contributed by atoms with E-state index in [1.54, 1.807) is 0 Å². The molecule has 0 aliphatic carbocycles. The predicted octanol–water partition coefficient (Wildman–Crippen LogP) is 3.53. The Kier molecular flexibility index (Phi) is 8.35. The summed E-state index contributed by atoms with van der Waals surface area (Å²) in [7, 11) is 0. The molecule has 3 heteroatoms. The van der Waals surface area contributed by atoms with Gasteiger partial charge in [0.15, 0.2) is 0 Å². The van der Waals surface area contributed by atoms with Crippen LogP contribution in [-0.2, 0) is 0 Å². The summed E-state index contributed by atoms with van der Waals surface area (Å²) in [6.45, 7) is 14.3. The highest BCUT2D eigenvalue weighted by Gasteiger charge is 2.47. The van der Waals surface area contributed by atoms with Gasteiger partial charge in [-0.25, -0.2) is 0 Å². The topological polar surface area (TPSA) is 26.0 Å². The fourth-order valence-electron chi connectivity index (χ4n) is 4.82. The van der Waals surface area contributed by atoms with E-state index in [1.165, 1.54) is 126 Å². The first-order valence-corrected chi connectivity index (χ1v) is 10.6. The Labute approximate surface area is 145 Å². The second-order valence-corrected chi connectivity index (χ2v) is 8.44. The van der Waals surface area contributed by atoms with E-state index >= 15 is 0 Å². The fraction of sp³-hybridized carbons (Fsp3) is 1.00. The van der Waals surface area contributed by atoms with E-state index in [4.69, 9.17) is 5.73 Å². The molecule has 0 aromatic heterocycles. The molecule has 0 spiro atoms. The molecule has 3 nitrogen and oxygen atoms in total. The molecule has 3 aliphatic rings. The Morgan fingerprint density at radius 2 is 0.957 bits per heavy atom. The summed E-state index contributed by atoms with van der Waals surface area (Å²) >= 11 is 0. The van der Waals surface area contributed by atoms with Gasteiger partial charge in [-0.15, -0.1) is 0 Å². The van der Waals surface area contributed by atoms with Crippen LogP contribution in [0.15, 0.2) is 0 Å². The second kappa shape index (κ2) is 10.0. The van der Waals surface area contributed by atoms with Gasteiger partial charge in [-0.2, -0.15) is 0 Å². The van der Waals surface area contributed by atoms with Gasteiger partial charge >= 0.3 is 0 Å². The Bertz CT molecular complexity index is 291. The Morgan fingerprint density at radius 1 is 0.565 bits per heavy atom. The van der Waals surface area contributed by atoms with Crippen LogP contribution in [0.1, 0.15) is 71.1 Å². The number of unbranched alkanes of at least 4 members (excludes halogenated alkanes) is 9. The van der Waals surface area contributed by atoms with Crippen molar-refractivity contribution in [2.75, 3.05) is 58.9 Å². The largest absolute Gasteiger partial charge is 0.326 e. The van der Waals surface area contributed by atoms with Crippen molar-refractivity contribution in [2.24, 2.45) is 5.73 Å². The van der Waals surface area contributed by atoms with Gasteiger partial charge in [0.1, 0.15) is 39.3 Å². The van der Waals surface area contributed by atoms with E-state index in [9.17, 15) is 0 Å². The van der Waals surface area contributed by atoms with Crippen molar-refractivity contribution in [2.45, 2.75) is 71.1 Å². The van der Waals surface area contributed by atoms with Gasteiger partial charge in [0.05, 0.1) is 13.1 Å². The molecule has 0 aromatic rings. The molecule has 3 rings (SSSR count). The number of fused-ring (bicyclic) bond motifs is 3. The highest BCUT2D eigenvalue weighted by molar-refractivity contribution is 4.63. The van der Waals surface area contributed by atoms with E-state index in [0.717, 1.165) is 6.54 Å². The monoisotopic (exact) mass is 325 g/mol. The summed E-state index contributed by atoms with van der Waals surface area (Å²) in [6, 6.07) is 0. The molecule has 23 heavy (non-hydrogen) atoms. The van der Waals surface area contributed by atoms with Crippen molar-refractivity contribution in [1.29, 1.82) is 0 Å². The molecule has 2 bridgehead atoms. The summed E-state index contributed by atoms with van der Waals surface area (Å²) in [5.74, 6) is 0. The molecule has 0 saturated carbocycles. The van der Waals surface area contributed by atoms with Gasteiger partial charge in [0.2, 0.25) is 0 Å². The first-order chi connectivity index (χ1) is 11.2. The number of nitrogens with zero attached hydrogens (tertiary/aromatic N) is 2. The molecule has 0 amide bonds. The molecule has 3 heterocycles. The van der Waals surface area contributed by atoms with Crippen molar-refractivity contribution in [3.63, 3.8) is 0 Å². The zero-order chi connectivity index (χ0) is 16.4. The van der Waals surface area contributed by atoms with Crippen molar-refractivity contribution in [1.82, 2.24) is 0 Å². The number of nitrogens with two attached hydrogens (primary N) is 1. The summed E-state index contributed by atoms with van der Waals surface area (Å²) in [5.41, 5.74) is 5.82. The van der Waals surface area contributed by atoms with E-state index in [1.807, 2.05) is 0 Å². The van der Waals surface area contributed by atoms with Crippen LogP contribution in [-0.4, -0.2) is 67.9 Å². The standard InChI is InChI=1S/C20H43N3/c1-2-3-4-5-6-7-8-9-10-11-13-22-15-18-23(14-12-21,19-16-22)20-17-22/h2-21H2,1H3/q+2. The number of piperazine rings is 3. The second-order valence-electron chi connectivity index (χ2n) is 8.44. The van der Waals surface area contributed by atoms with Gasteiger partial charge in [0, 0.05) is 6.54 Å². The predicted molar refractivity (Wildman–Crippen MR) is 100 cm³/mol. The zero-order valence-corrected chi connectivity index (χ0v) is 15.9. The van der Waals surface area contributed by atoms with Crippen LogP contribution in [0.2, 0.25) is 0 Å². The lowest BCUT2D eigenvalue weighted by atomic mass is 10.0. The number of quaternary nitrogens is 2. The van der Waals surface area contributed by atoms with Gasteiger partial charge in [-0.1, -0.05) is 58.3 Å². The Morgan fingerprint density at radius 3 is 1.39 bits per heavy atom. The average Bonchev–Trinajstić information content (AvgIpc) is 2.59. The smallest absolute Gasteiger partial charge is 0.129 e. The minimum Gasteiger partial charge on any atom is -0.326 e. The zero-order valence-electron chi connectivity index (χ0n) is 15.9. The van der Waals surface area contributed by atoms with Gasteiger partial charge in [-0.05, 0) is 12.8 Å². The third-order valence-electron chi connectivity index (χ3n) is 6.74. The van der Waals surface area contributed by atoms with Crippen LogP contribution in [0, 0.1) is 0 Å². The normalized spacial score (nSPS) is 30.0. The van der Waals surface area contributed by atoms with Crippen LogP contribution >= 0.6 is 0 Å². The minimum absolute atomic E-state index is 0.873. The van der Waals surface area contributed by atoms with Crippen molar-refractivity contribution in [3.05, 3.63) is 0 Å². The lowest BCUT2D eigenvalue weighted by molar-refractivity contribution is -1.08. The molecule has 0 aromatic carbocycles. The van der Waals surface area contributed by atoms with Crippen LogP contribution in [0.25, 0.3) is 0 Å². The molecular formula is C20H43N3+2. The highest BCUT2D eigenvalue weighted by atomic mass is 15.5. The van der Waals surface area contributed by atoms with Gasteiger partial charge in [0.25, 0.3) is 0 Å². The lowest BCUT2D eigenvalue weighted by Gasteiger charge is -2.55. The summed E-state index contributed by atoms with van der Waals surface area (Å²) < 4.78 is 2.79. The maximum absolute atomic E-state index is 5.82. The molecular weight excluding hydrogens is 282 g/mol. The minimum atomic E-state index is 0.873. The van der Waals surface area contributed by atoms with E-state index in [2.05, 4.69) is 6.92 Å². The maximum atomic E-state index is 5.82. The van der Waals surface area contributed by atoms with E-state index < -0.39 is 0 Å². The third kappa shape index (κ3) is 6.03. The quantitative estimate of drug-likeness (QED) is 0.407. The first kappa shape index (κ1) is 19.2. The van der Waals surface area contributed by atoms with Crippen LogP contribution in [0.4, 0.5) is 0 Å². The molecule has 2 N–H and O–H groups in total. The average molecular weight is 326 g/mol. The number of hydrogen-bond acceptors (Lipinski definition) is 1. The van der Waals surface area contributed by atoms with Gasteiger partial charge in [-0.3, -0.25) is 0 Å². The Balaban J connectivity index is 1.48. The molecule has 0 radical (unpaired) electrons. The fourth-order valence-corrected chi connectivity index (χ4v) is 4.82.